The third kappa shape index (κ3) is 3.76. The Bertz CT molecular complexity index is 752. The molecule has 4 rings (SSSR count). The number of likely N-dealkylation sites (tertiary alicyclic amines) is 1. The molecule has 0 spiro atoms. The van der Waals surface area contributed by atoms with Crippen molar-refractivity contribution in [2.45, 2.75) is 38.3 Å². The molecule has 0 saturated carbocycles. The number of carbonyl (C=O) groups is 1. The molecular formula is C20H23ClN2OS. The van der Waals surface area contributed by atoms with Crippen molar-refractivity contribution in [3.63, 3.8) is 0 Å². The summed E-state index contributed by atoms with van der Waals surface area (Å²) in [7, 11) is 0. The lowest BCUT2D eigenvalue weighted by molar-refractivity contribution is -0.132. The lowest BCUT2D eigenvalue weighted by atomic mass is 9.99. The van der Waals surface area contributed by atoms with E-state index in [1.54, 1.807) is 4.88 Å². The molecule has 1 saturated heterocycles. The number of rotatable bonds is 3. The molecule has 2 aliphatic rings. The van der Waals surface area contributed by atoms with Crippen LogP contribution in [0.1, 0.15) is 28.8 Å². The summed E-state index contributed by atoms with van der Waals surface area (Å²) in [5, 5.41) is 2.90. The second-order valence-electron chi connectivity index (χ2n) is 6.97. The fourth-order valence-electron chi connectivity index (χ4n) is 3.98. The monoisotopic (exact) mass is 374 g/mol. The van der Waals surface area contributed by atoms with Crippen molar-refractivity contribution in [1.29, 1.82) is 0 Å². The van der Waals surface area contributed by atoms with Gasteiger partial charge in [-0.15, -0.1) is 11.3 Å². The summed E-state index contributed by atoms with van der Waals surface area (Å²) in [6, 6.07) is 10.5. The van der Waals surface area contributed by atoms with Crippen LogP contribution in [0.25, 0.3) is 0 Å². The maximum atomic E-state index is 12.6. The number of hydrogen-bond donors (Lipinski definition) is 0. The Morgan fingerprint density at radius 1 is 1.16 bits per heavy atom. The zero-order valence-corrected chi connectivity index (χ0v) is 15.9. The third-order valence-electron chi connectivity index (χ3n) is 5.47. The molecular weight excluding hydrogens is 352 g/mol. The van der Waals surface area contributed by atoms with Crippen LogP contribution in [-0.4, -0.2) is 41.4 Å². The summed E-state index contributed by atoms with van der Waals surface area (Å²) in [4.78, 5) is 18.8. The van der Waals surface area contributed by atoms with E-state index in [0.717, 1.165) is 44.6 Å². The predicted molar refractivity (Wildman–Crippen MR) is 103 cm³/mol. The molecule has 3 nitrogen and oxygen atoms in total. The van der Waals surface area contributed by atoms with Crippen LogP contribution in [-0.2, 0) is 24.2 Å². The molecule has 0 N–H and O–H groups in total. The van der Waals surface area contributed by atoms with Gasteiger partial charge in [0.1, 0.15) is 0 Å². The van der Waals surface area contributed by atoms with Crippen LogP contribution in [0, 0.1) is 0 Å². The van der Waals surface area contributed by atoms with E-state index in [1.807, 2.05) is 40.5 Å². The molecule has 1 aromatic heterocycles. The van der Waals surface area contributed by atoms with Crippen LogP contribution in [0.5, 0.6) is 0 Å². The third-order valence-corrected chi connectivity index (χ3v) is 6.86. The van der Waals surface area contributed by atoms with Gasteiger partial charge >= 0.3 is 0 Å². The number of hydrogen-bond acceptors (Lipinski definition) is 3. The van der Waals surface area contributed by atoms with Crippen molar-refractivity contribution >= 4 is 28.8 Å². The van der Waals surface area contributed by atoms with E-state index < -0.39 is 0 Å². The van der Waals surface area contributed by atoms with E-state index >= 15 is 0 Å². The minimum Gasteiger partial charge on any atom is -0.342 e. The van der Waals surface area contributed by atoms with Gasteiger partial charge in [0.2, 0.25) is 5.91 Å². The maximum Gasteiger partial charge on any atom is 0.227 e. The highest BCUT2D eigenvalue weighted by Gasteiger charge is 2.29. The van der Waals surface area contributed by atoms with E-state index in [0.29, 0.717) is 17.5 Å². The van der Waals surface area contributed by atoms with E-state index in [9.17, 15) is 4.79 Å². The number of piperidine rings is 1. The van der Waals surface area contributed by atoms with Crippen molar-refractivity contribution in [2.24, 2.45) is 0 Å². The largest absolute Gasteiger partial charge is 0.342 e. The highest BCUT2D eigenvalue weighted by Crippen LogP contribution is 2.28. The van der Waals surface area contributed by atoms with Gasteiger partial charge in [0.05, 0.1) is 6.42 Å². The minimum absolute atomic E-state index is 0.199. The fraction of sp³-hybridized carbons (Fsp3) is 0.450. The van der Waals surface area contributed by atoms with Gasteiger partial charge in [0, 0.05) is 42.1 Å². The number of benzene rings is 1. The van der Waals surface area contributed by atoms with Crippen molar-refractivity contribution in [3.8, 4) is 0 Å². The molecule has 25 heavy (non-hydrogen) atoms. The van der Waals surface area contributed by atoms with Gasteiger partial charge in [-0.2, -0.15) is 0 Å². The van der Waals surface area contributed by atoms with Crippen LogP contribution >= 0.6 is 22.9 Å². The number of amides is 1. The molecule has 1 fully saturated rings. The van der Waals surface area contributed by atoms with Gasteiger partial charge < -0.3 is 4.90 Å². The van der Waals surface area contributed by atoms with Crippen molar-refractivity contribution in [1.82, 2.24) is 9.80 Å². The van der Waals surface area contributed by atoms with Gasteiger partial charge in [-0.05, 0) is 47.9 Å². The van der Waals surface area contributed by atoms with Gasteiger partial charge in [-0.1, -0.05) is 29.8 Å². The molecule has 0 unspecified atom stereocenters. The molecule has 1 amide bonds. The zero-order chi connectivity index (χ0) is 17.2. The lowest BCUT2D eigenvalue weighted by Crippen LogP contribution is -2.48. The Kier molecular flexibility index (Phi) is 5.11. The second kappa shape index (κ2) is 7.48. The van der Waals surface area contributed by atoms with E-state index in [-0.39, 0.29) is 5.91 Å². The van der Waals surface area contributed by atoms with Crippen LogP contribution in [0.4, 0.5) is 0 Å². The lowest BCUT2D eigenvalue weighted by Gasteiger charge is -2.40. The molecule has 0 bridgehead atoms. The Hall–Kier alpha value is -1.36. The molecule has 3 heterocycles. The Balaban J connectivity index is 1.31. The molecule has 1 aromatic carbocycles. The Labute approximate surface area is 158 Å². The van der Waals surface area contributed by atoms with Crippen molar-refractivity contribution < 1.29 is 4.79 Å². The first-order valence-electron chi connectivity index (χ1n) is 9.01. The number of thiophene rings is 1. The van der Waals surface area contributed by atoms with E-state index in [2.05, 4.69) is 16.3 Å². The summed E-state index contributed by atoms with van der Waals surface area (Å²) in [5.74, 6) is 0.199. The minimum atomic E-state index is 0.199. The van der Waals surface area contributed by atoms with Gasteiger partial charge in [-0.3, -0.25) is 9.69 Å². The molecule has 5 heteroatoms. The first-order valence-corrected chi connectivity index (χ1v) is 10.3. The highest BCUT2D eigenvalue weighted by molar-refractivity contribution is 7.10. The maximum absolute atomic E-state index is 12.6. The molecule has 0 radical (unpaired) electrons. The van der Waals surface area contributed by atoms with Crippen LogP contribution < -0.4 is 0 Å². The molecule has 2 aromatic rings. The fourth-order valence-corrected chi connectivity index (χ4v) is 5.07. The predicted octanol–water partition coefficient (Wildman–Crippen LogP) is 3.99. The normalized spacial score (nSPS) is 19.0. The number of nitrogens with zero attached hydrogens (tertiary/aromatic N) is 2. The average molecular weight is 375 g/mol. The topological polar surface area (TPSA) is 23.6 Å². The van der Waals surface area contributed by atoms with Crippen LogP contribution in [0.2, 0.25) is 5.02 Å². The SMILES string of the molecule is O=C(Cc1ccccc1Cl)N1CCC(N2CCc3sccc3C2)CC1. The Morgan fingerprint density at radius 3 is 2.76 bits per heavy atom. The van der Waals surface area contributed by atoms with Gasteiger partial charge in [0.25, 0.3) is 0 Å². The van der Waals surface area contributed by atoms with E-state index in [4.69, 9.17) is 11.6 Å². The number of fused-ring (bicyclic) bond motifs is 1. The molecule has 0 aliphatic carbocycles. The first kappa shape index (κ1) is 17.1. The summed E-state index contributed by atoms with van der Waals surface area (Å²) in [5.41, 5.74) is 2.44. The second-order valence-corrected chi connectivity index (χ2v) is 8.38. The number of carbonyl (C=O) groups excluding carboxylic acids is 1. The van der Waals surface area contributed by atoms with Gasteiger partial charge in [0.15, 0.2) is 0 Å². The highest BCUT2D eigenvalue weighted by atomic mass is 35.5. The quantitative estimate of drug-likeness (QED) is 0.810. The Morgan fingerprint density at radius 2 is 1.96 bits per heavy atom. The molecule has 132 valence electrons. The summed E-state index contributed by atoms with van der Waals surface area (Å²) in [6.07, 6.45) is 3.74. The summed E-state index contributed by atoms with van der Waals surface area (Å²) < 4.78 is 0. The zero-order valence-electron chi connectivity index (χ0n) is 14.3. The van der Waals surface area contributed by atoms with E-state index in [1.165, 1.54) is 12.0 Å². The number of halogens is 1. The molecule has 0 atom stereocenters. The summed E-state index contributed by atoms with van der Waals surface area (Å²) in [6.45, 7) is 3.96. The molecule has 2 aliphatic heterocycles. The summed E-state index contributed by atoms with van der Waals surface area (Å²) >= 11 is 8.08. The van der Waals surface area contributed by atoms with Crippen LogP contribution in [0.15, 0.2) is 35.7 Å². The smallest absolute Gasteiger partial charge is 0.227 e. The first-order chi connectivity index (χ1) is 12.2. The average Bonchev–Trinajstić information content (AvgIpc) is 3.11. The van der Waals surface area contributed by atoms with Gasteiger partial charge in [-0.25, -0.2) is 0 Å². The van der Waals surface area contributed by atoms with Crippen molar-refractivity contribution in [2.75, 3.05) is 19.6 Å². The van der Waals surface area contributed by atoms with Crippen molar-refractivity contribution in [3.05, 3.63) is 56.7 Å². The van der Waals surface area contributed by atoms with Crippen LogP contribution in [0.3, 0.4) is 0 Å². The standard InChI is InChI=1S/C20H23ClN2OS/c21-18-4-2-1-3-15(18)13-20(24)22-9-5-17(6-10-22)23-11-7-19-16(14-23)8-12-25-19/h1-4,8,12,17H,5-7,9-11,13-14H2.